The number of anilines is 1. The smallest absolute Gasteiger partial charge is 0.433 e. The summed E-state index contributed by atoms with van der Waals surface area (Å²) in [6, 6.07) is 5.27. The lowest BCUT2D eigenvalue weighted by molar-refractivity contribution is -0.142. The van der Waals surface area contributed by atoms with Crippen molar-refractivity contribution in [1.82, 2.24) is 14.6 Å². The molecule has 0 saturated carbocycles. The maximum absolute atomic E-state index is 13.8. The molecule has 4 heterocycles. The summed E-state index contributed by atoms with van der Waals surface area (Å²) in [6.45, 7) is 3.19. The number of rotatable bonds is 6. The van der Waals surface area contributed by atoms with E-state index in [1.165, 1.54) is 18.3 Å². The molecule has 0 aliphatic rings. The van der Waals surface area contributed by atoms with Gasteiger partial charge in [-0.05, 0) is 36.9 Å². The Hall–Kier alpha value is -3.78. The van der Waals surface area contributed by atoms with Crippen LogP contribution in [0.4, 0.5) is 18.2 Å². The molecule has 188 valence electrons. The third kappa shape index (κ3) is 4.68. The van der Waals surface area contributed by atoms with Gasteiger partial charge in [0.2, 0.25) is 0 Å². The molecule has 0 bridgehead atoms. The second-order valence-electron chi connectivity index (χ2n) is 7.23. The van der Waals surface area contributed by atoms with Gasteiger partial charge in [-0.2, -0.15) is 18.3 Å². The Morgan fingerprint density at radius 2 is 1.94 bits per heavy atom. The summed E-state index contributed by atoms with van der Waals surface area (Å²) < 4.78 is 51.6. The van der Waals surface area contributed by atoms with Crippen LogP contribution < -0.4 is 5.32 Å². The van der Waals surface area contributed by atoms with Crippen molar-refractivity contribution in [1.29, 1.82) is 0 Å². The number of esters is 2. The maximum Gasteiger partial charge on any atom is 0.433 e. The standard InChI is InChI=1S/C22H17F3N4O5S2/c1-4-34-21(32)17-10(2)16(20(31)33-3)19(36-17)27-18(30)12-9-15-26-11(13-6-5-7-35-13)8-14(22(23,24)25)29(15)28-12/h5-9H,4H2,1-3H3,(H,27,30). The Morgan fingerprint density at radius 1 is 1.19 bits per heavy atom. The zero-order valence-corrected chi connectivity index (χ0v) is 20.6. The number of nitrogens with zero attached hydrogens (tertiary/aromatic N) is 3. The molecule has 0 aliphatic carbocycles. The molecule has 0 aliphatic heterocycles. The van der Waals surface area contributed by atoms with Crippen LogP contribution in [0, 0.1) is 6.92 Å². The second-order valence-corrected chi connectivity index (χ2v) is 9.20. The lowest BCUT2D eigenvalue weighted by Crippen LogP contribution is -2.16. The zero-order chi connectivity index (χ0) is 26.2. The van der Waals surface area contributed by atoms with Crippen LogP contribution >= 0.6 is 22.7 Å². The average molecular weight is 539 g/mol. The quantitative estimate of drug-likeness (QED) is 0.342. The number of hydrogen-bond donors (Lipinski definition) is 1. The highest BCUT2D eigenvalue weighted by Crippen LogP contribution is 2.36. The van der Waals surface area contributed by atoms with Crippen molar-refractivity contribution < 1.29 is 37.0 Å². The second kappa shape index (κ2) is 9.70. The topological polar surface area (TPSA) is 112 Å². The van der Waals surface area contributed by atoms with Crippen LogP contribution in [-0.4, -0.2) is 46.2 Å². The summed E-state index contributed by atoms with van der Waals surface area (Å²) in [6.07, 6.45) is -4.77. The SMILES string of the molecule is CCOC(=O)c1sc(NC(=O)c2cc3nc(-c4cccs4)cc(C(F)(F)F)n3n2)c(C(=O)OC)c1C. The fourth-order valence-electron chi connectivity index (χ4n) is 3.35. The predicted octanol–water partition coefficient (Wildman–Crippen LogP) is 5.06. The Balaban J connectivity index is 1.76. The van der Waals surface area contributed by atoms with Crippen molar-refractivity contribution >= 4 is 51.2 Å². The highest BCUT2D eigenvalue weighted by atomic mass is 32.1. The number of aromatic nitrogens is 3. The summed E-state index contributed by atoms with van der Waals surface area (Å²) in [7, 11) is 1.13. The molecule has 0 atom stereocenters. The van der Waals surface area contributed by atoms with Crippen molar-refractivity contribution in [3.05, 3.63) is 57.0 Å². The van der Waals surface area contributed by atoms with E-state index >= 15 is 0 Å². The molecule has 0 spiro atoms. The largest absolute Gasteiger partial charge is 0.465 e. The molecular formula is C22H17F3N4O5S2. The Bertz CT molecular complexity index is 1480. The first-order chi connectivity index (χ1) is 17.0. The van der Waals surface area contributed by atoms with Crippen LogP contribution in [0.25, 0.3) is 16.2 Å². The predicted molar refractivity (Wildman–Crippen MR) is 126 cm³/mol. The summed E-state index contributed by atoms with van der Waals surface area (Å²) in [5.74, 6) is -2.42. The van der Waals surface area contributed by atoms with Crippen LogP contribution in [0.2, 0.25) is 0 Å². The van der Waals surface area contributed by atoms with E-state index in [2.05, 4.69) is 15.4 Å². The van der Waals surface area contributed by atoms with Crippen molar-refractivity contribution in [2.45, 2.75) is 20.0 Å². The van der Waals surface area contributed by atoms with E-state index in [-0.39, 0.29) is 44.6 Å². The molecule has 0 radical (unpaired) electrons. The van der Waals surface area contributed by atoms with Crippen molar-refractivity contribution in [3.63, 3.8) is 0 Å². The molecule has 1 N–H and O–H groups in total. The van der Waals surface area contributed by atoms with E-state index < -0.39 is 29.7 Å². The van der Waals surface area contributed by atoms with Crippen LogP contribution in [0.1, 0.15) is 48.7 Å². The molecule has 14 heteroatoms. The van der Waals surface area contributed by atoms with Crippen molar-refractivity contribution in [2.75, 3.05) is 19.0 Å². The van der Waals surface area contributed by atoms with Gasteiger partial charge in [0.15, 0.2) is 17.0 Å². The minimum atomic E-state index is -4.77. The number of hydrogen-bond acceptors (Lipinski definition) is 9. The number of amides is 1. The number of alkyl halides is 3. The average Bonchev–Trinajstić information content (AvgIpc) is 3.56. The van der Waals surface area contributed by atoms with Gasteiger partial charge >= 0.3 is 18.1 Å². The number of carbonyl (C=O) groups excluding carboxylic acids is 3. The molecule has 36 heavy (non-hydrogen) atoms. The highest BCUT2D eigenvalue weighted by Gasteiger charge is 2.36. The molecular weight excluding hydrogens is 521 g/mol. The van der Waals surface area contributed by atoms with Crippen LogP contribution in [0.5, 0.6) is 0 Å². The Labute approximate surface area is 209 Å². The first-order valence-electron chi connectivity index (χ1n) is 10.3. The lowest BCUT2D eigenvalue weighted by atomic mass is 10.1. The zero-order valence-electron chi connectivity index (χ0n) is 18.9. The molecule has 0 unspecified atom stereocenters. The molecule has 4 aromatic rings. The molecule has 0 saturated heterocycles. The third-order valence-corrected chi connectivity index (χ3v) is 7.03. The Morgan fingerprint density at radius 3 is 2.56 bits per heavy atom. The first-order valence-corrected chi connectivity index (χ1v) is 12.0. The number of methoxy groups -OCH3 is 1. The number of fused-ring (bicyclic) bond motifs is 1. The highest BCUT2D eigenvalue weighted by molar-refractivity contribution is 7.18. The van der Waals surface area contributed by atoms with Gasteiger partial charge in [0.05, 0.1) is 29.9 Å². The number of halogens is 3. The first kappa shape index (κ1) is 25.3. The minimum Gasteiger partial charge on any atom is -0.465 e. The monoisotopic (exact) mass is 538 g/mol. The van der Waals surface area contributed by atoms with E-state index in [9.17, 15) is 27.6 Å². The fraction of sp³-hybridized carbons (Fsp3) is 0.227. The van der Waals surface area contributed by atoms with E-state index in [0.717, 1.165) is 30.6 Å². The van der Waals surface area contributed by atoms with Gasteiger partial charge in [-0.1, -0.05) is 6.07 Å². The number of thiophene rings is 2. The van der Waals surface area contributed by atoms with Crippen LogP contribution in [0.3, 0.4) is 0 Å². The van der Waals surface area contributed by atoms with E-state index in [1.807, 2.05) is 0 Å². The normalized spacial score (nSPS) is 11.5. The lowest BCUT2D eigenvalue weighted by Gasteiger charge is -2.10. The molecule has 4 aromatic heterocycles. The summed E-state index contributed by atoms with van der Waals surface area (Å²) in [5.41, 5.74) is -1.44. The Kier molecular flexibility index (Phi) is 6.82. The molecule has 1 amide bonds. The molecule has 0 fully saturated rings. The van der Waals surface area contributed by atoms with E-state index in [0.29, 0.717) is 9.39 Å². The van der Waals surface area contributed by atoms with Gasteiger partial charge in [-0.25, -0.2) is 19.1 Å². The fourth-order valence-corrected chi connectivity index (χ4v) is 5.12. The van der Waals surface area contributed by atoms with E-state index in [4.69, 9.17) is 9.47 Å². The van der Waals surface area contributed by atoms with Gasteiger partial charge in [-0.15, -0.1) is 22.7 Å². The number of ether oxygens (including phenoxy) is 2. The third-order valence-electron chi connectivity index (χ3n) is 4.95. The van der Waals surface area contributed by atoms with Crippen molar-refractivity contribution in [2.24, 2.45) is 0 Å². The van der Waals surface area contributed by atoms with Crippen LogP contribution in [-0.2, 0) is 15.7 Å². The summed E-state index contributed by atoms with van der Waals surface area (Å²) >= 11 is 2.00. The summed E-state index contributed by atoms with van der Waals surface area (Å²) in [5, 5.41) is 7.93. The number of carbonyl (C=O) groups is 3. The van der Waals surface area contributed by atoms with Crippen LogP contribution in [0.15, 0.2) is 29.6 Å². The number of nitrogens with one attached hydrogen (secondary N) is 1. The van der Waals surface area contributed by atoms with Gasteiger partial charge in [-0.3, -0.25) is 4.79 Å². The molecule has 4 rings (SSSR count). The van der Waals surface area contributed by atoms with Gasteiger partial charge < -0.3 is 14.8 Å². The molecule has 9 nitrogen and oxygen atoms in total. The molecule has 0 aromatic carbocycles. The van der Waals surface area contributed by atoms with Gasteiger partial charge in [0, 0.05) is 6.07 Å². The summed E-state index contributed by atoms with van der Waals surface area (Å²) in [4.78, 5) is 42.4. The van der Waals surface area contributed by atoms with Gasteiger partial charge in [0.1, 0.15) is 9.88 Å². The minimum absolute atomic E-state index is 0.0345. The van der Waals surface area contributed by atoms with E-state index in [1.54, 1.807) is 24.4 Å². The maximum atomic E-state index is 13.8. The van der Waals surface area contributed by atoms with Crippen molar-refractivity contribution in [3.8, 4) is 10.6 Å². The van der Waals surface area contributed by atoms with Gasteiger partial charge in [0.25, 0.3) is 5.91 Å².